The summed E-state index contributed by atoms with van der Waals surface area (Å²) in [6.45, 7) is -0.459. The van der Waals surface area contributed by atoms with Gasteiger partial charge < -0.3 is 24.7 Å². The zero-order valence-corrected chi connectivity index (χ0v) is 13.1. The molecule has 0 saturated heterocycles. The summed E-state index contributed by atoms with van der Waals surface area (Å²) in [6, 6.07) is 7.47. The highest BCUT2D eigenvalue weighted by molar-refractivity contribution is 5.95. The molecule has 1 N–H and O–H groups in total. The van der Waals surface area contributed by atoms with E-state index in [1.165, 1.54) is 38.7 Å². The fraction of sp³-hybridized carbons (Fsp3) is 0.188. The maximum absolute atomic E-state index is 11.8. The smallest absolute Gasteiger partial charge is 0.339 e. The molecule has 8 nitrogen and oxygen atoms in total. The fourth-order valence-electron chi connectivity index (χ4n) is 1.87. The Hall–Kier alpha value is -3.29. The molecule has 0 fully saturated rings. The van der Waals surface area contributed by atoms with E-state index in [-0.39, 0.29) is 5.56 Å². The number of esters is 1. The number of aromatic nitrogens is 1. The third kappa shape index (κ3) is 4.35. The number of carbonyl (C=O) groups is 2. The van der Waals surface area contributed by atoms with E-state index in [9.17, 15) is 14.8 Å². The summed E-state index contributed by atoms with van der Waals surface area (Å²) in [7, 11) is 2.99. The van der Waals surface area contributed by atoms with Gasteiger partial charge in [-0.25, -0.2) is 4.79 Å². The van der Waals surface area contributed by atoms with Crippen LogP contribution in [-0.4, -0.2) is 32.7 Å². The molecule has 2 aromatic rings. The van der Waals surface area contributed by atoms with Crippen molar-refractivity contribution in [2.75, 3.05) is 26.1 Å². The number of amides is 1. The van der Waals surface area contributed by atoms with Crippen LogP contribution in [0.4, 0.5) is 5.69 Å². The van der Waals surface area contributed by atoms with E-state index >= 15 is 0 Å². The van der Waals surface area contributed by atoms with Crippen molar-refractivity contribution in [3.63, 3.8) is 0 Å². The fourth-order valence-corrected chi connectivity index (χ4v) is 1.87. The number of hydrogen-bond acceptors (Lipinski definition) is 6. The summed E-state index contributed by atoms with van der Waals surface area (Å²) in [5.74, 6) is -0.215. The lowest BCUT2D eigenvalue weighted by Gasteiger charge is -2.10. The second-order valence-electron chi connectivity index (χ2n) is 4.64. The van der Waals surface area contributed by atoms with Gasteiger partial charge in [0.05, 0.1) is 19.8 Å². The first-order valence-corrected chi connectivity index (χ1v) is 6.91. The predicted molar refractivity (Wildman–Crippen MR) is 83.9 cm³/mol. The molecule has 0 atom stereocenters. The molecular formula is C16H16N2O6. The van der Waals surface area contributed by atoms with Gasteiger partial charge in [0.15, 0.2) is 30.5 Å². The molecule has 2 rings (SSSR count). The van der Waals surface area contributed by atoms with Crippen molar-refractivity contribution in [2.24, 2.45) is 0 Å². The van der Waals surface area contributed by atoms with Gasteiger partial charge in [-0.05, 0) is 12.1 Å². The molecular weight excluding hydrogens is 316 g/mol. The number of hydrogen-bond donors (Lipinski definition) is 1. The first-order valence-electron chi connectivity index (χ1n) is 6.91. The van der Waals surface area contributed by atoms with Crippen LogP contribution in [0.3, 0.4) is 0 Å². The van der Waals surface area contributed by atoms with Gasteiger partial charge in [-0.2, -0.15) is 4.73 Å². The SMILES string of the molecule is COc1ccc(NC(=O)COC(=O)c2cc[n+]([O-])cc2)cc1OC. The molecule has 0 bridgehead atoms. The van der Waals surface area contributed by atoms with Crippen LogP contribution in [0.5, 0.6) is 11.5 Å². The number of anilines is 1. The van der Waals surface area contributed by atoms with Gasteiger partial charge in [-0.15, -0.1) is 0 Å². The van der Waals surface area contributed by atoms with E-state index in [4.69, 9.17) is 14.2 Å². The number of methoxy groups -OCH3 is 2. The van der Waals surface area contributed by atoms with Crippen molar-refractivity contribution in [3.05, 3.63) is 53.5 Å². The van der Waals surface area contributed by atoms with Crippen molar-refractivity contribution in [1.82, 2.24) is 0 Å². The summed E-state index contributed by atoms with van der Waals surface area (Å²) in [4.78, 5) is 23.6. The number of rotatable bonds is 6. The minimum absolute atomic E-state index is 0.181. The van der Waals surface area contributed by atoms with E-state index < -0.39 is 18.5 Å². The monoisotopic (exact) mass is 332 g/mol. The van der Waals surface area contributed by atoms with Gasteiger partial charge in [0.25, 0.3) is 5.91 Å². The van der Waals surface area contributed by atoms with Crippen LogP contribution >= 0.6 is 0 Å². The normalized spacial score (nSPS) is 9.92. The van der Waals surface area contributed by atoms with Gasteiger partial charge in [0.2, 0.25) is 0 Å². The van der Waals surface area contributed by atoms with Crippen LogP contribution in [0.2, 0.25) is 0 Å². The number of nitrogens with one attached hydrogen (secondary N) is 1. The summed E-state index contributed by atoms with van der Waals surface area (Å²) < 4.78 is 15.7. The third-order valence-corrected chi connectivity index (χ3v) is 3.04. The van der Waals surface area contributed by atoms with Crippen molar-refractivity contribution in [1.29, 1.82) is 0 Å². The van der Waals surface area contributed by atoms with E-state index in [0.29, 0.717) is 21.9 Å². The van der Waals surface area contributed by atoms with Gasteiger partial charge in [0, 0.05) is 23.9 Å². The first-order chi connectivity index (χ1) is 11.5. The van der Waals surface area contributed by atoms with Crippen LogP contribution in [0.25, 0.3) is 0 Å². The average Bonchev–Trinajstić information content (AvgIpc) is 2.60. The Kier molecular flexibility index (Phi) is 5.56. The quantitative estimate of drug-likeness (QED) is 0.483. The number of pyridine rings is 1. The summed E-state index contributed by atoms with van der Waals surface area (Å²) in [5, 5.41) is 13.5. The molecule has 126 valence electrons. The number of nitrogens with zero attached hydrogens (tertiary/aromatic N) is 1. The summed E-state index contributed by atoms with van der Waals surface area (Å²) >= 11 is 0. The molecule has 1 aromatic heterocycles. The molecule has 0 aliphatic heterocycles. The molecule has 0 saturated carbocycles. The van der Waals surface area contributed by atoms with Crippen molar-refractivity contribution in [3.8, 4) is 11.5 Å². The zero-order valence-electron chi connectivity index (χ0n) is 13.1. The van der Waals surface area contributed by atoms with Crippen LogP contribution in [-0.2, 0) is 9.53 Å². The highest BCUT2D eigenvalue weighted by atomic mass is 16.5. The van der Waals surface area contributed by atoms with Gasteiger partial charge in [-0.1, -0.05) is 0 Å². The summed E-state index contributed by atoms with van der Waals surface area (Å²) in [6.07, 6.45) is 2.33. The van der Waals surface area contributed by atoms with Crippen LogP contribution in [0, 0.1) is 5.21 Å². The molecule has 1 amide bonds. The predicted octanol–water partition coefficient (Wildman–Crippen LogP) is 1.13. The van der Waals surface area contributed by atoms with Crippen molar-refractivity contribution >= 4 is 17.6 Å². The van der Waals surface area contributed by atoms with Crippen molar-refractivity contribution < 1.29 is 28.5 Å². The van der Waals surface area contributed by atoms with Crippen LogP contribution in [0.15, 0.2) is 42.7 Å². The average molecular weight is 332 g/mol. The Balaban J connectivity index is 1.91. The van der Waals surface area contributed by atoms with E-state index in [2.05, 4.69) is 5.32 Å². The zero-order chi connectivity index (χ0) is 17.5. The second-order valence-corrected chi connectivity index (χ2v) is 4.64. The minimum Gasteiger partial charge on any atom is -0.619 e. The Morgan fingerprint density at radius 2 is 1.75 bits per heavy atom. The molecule has 0 aliphatic rings. The molecule has 0 unspecified atom stereocenters. The van der Waals surface area contributed by atoms with Crippen molar-refractivity contribution in [2.45, 2.75) is 0 Å². The largest absolute Gasteiger partial charge is 0.619 e. The Morgan fingerprint density at radius 1 is 1.08 bits per heavy atom. The summed E-state index contributed by atoms with van der Waals surface area (Å²) in [5.41, 5.74) is 0.654. The van der Waals surface area contributed by atoms with Gasteiger partial charge >= 0.3 is 5.97 Å². The van der Waals surface area contributed by atoms with Crippen LogP contribution < -0.4 is 19.5 Å². The van der Waals surface area contributed by atoms with E-state index in [1.807, 2.05) is 0 Å². The number of ether oxygens (including phenoxy) is 3. The Labute approximate surface area is 138 Å². The molecule has 1 heterocycles. The van der Waals surface area contributed by atoms with Crippen LogP contribution in [0.1, 0.15) is 10.4 Å². The number of benzene rings is 1. The third-order valence-electron chi connectivity index (χ3n) is 3.04. The second kappa shape index (κ2) is 7.82. The lowest BCUT2D eigenvalue weighted by atomic mass is 10.2. The first kappa shape index (κ1) is 17.1. The molecule has 8 heteroatoms. The minimum atomic E-state index is -0.696. The van der Waals surface area contributed by atoms with E-state index in [0.717, 1.165) is 0 Å². The molecule has 24 heavy (non-hydrogen) atoms. The Morgan fingerprint density at radius 3 is 2.38 bits per heavy atom. The lowest BCUT2D eigenvalue weighted by Crippen LogP contribution is -2.25. The van der Waals surface area contributed by atoms with Gasteiger partial charge in [0.1, 0.15) is 0 Å². The van der Waals surface area contributed by atoms with Gasteiger partial charge in [-0.3, -0.25) is 4.79 Å². The molecule has 0 radical (unpaired) electrons. The molecule has 1 aromatic carbocycles. The maximum Gasteiger partial charge on any atom is 0.339 e. The topological polar surface area (TPSA) is 101 Å². The lowest BCUT2D eigenvalue weighted by molar-refractivity contribution is -0.605. The molecule has 0 spiro atoms. The maximum atomic E-state index is 11.8. The highest BCUT2D eigenvalue weighted by Gasteiger charge is 2.12. The van der Waals surface area contributed by atoms with E-state index in [1.54, 1.807) is 18.2 Å². The standard InChI is InChI=1S/C16H16N2O6/c1-22-13-4-3-12(9-14(13)23-2)17-15(19)10-24-16(20)11-5-7-18(21)8-6-11/h3-9H,10H2,1-2H3,(H,17,19). The Bertz CT molecular complexity index is 730. The highest BCUT2D eigenvalue weighted by Crippen LogP contribution is 2.29. The number of carbonyl (C=O) groups excluding carboxylic acids is 2. The molecule has 0 aliphatic carbocycles.